The predicted octanol–water partition coefficient (Wildman–Crippen LogP) is 3.97. The standard InChI is InChI=1S/C18H19N5O2/c1-12-10-13(2)22(21-12)16-6-4-15(5-7-16)14(3)20-18-9-8-17(11-19-18)23(24)25/h4-11,14H,1-3H3,(H,19,20). The largest absolute Gasteiger partial charge is 0.364 e. The molecular weight excluding hydrogens is 318 g/mol. The third-order valence-electron chi connectivity index (χ3n) is 3.97. The van der Waals surface area contributed by atoms with Gasteiger partial charge in [0.15, 0.2) is 0 Å². The normalized spacial score (nSPS) is 12.0. The minimum absolute atomic E-state index is 0.0171. The highest BCUT2D eigenvalue weighted by molar-refractivity contribution is 5.44. The first kappa shape index (κ1) is 16.6. The van der Waals surface area contributed by atoms with Crippen LogP contribution in [-0.4, -0.2) is 19.7 Å². The summed E-state index contributed by atoms with van der Waals surface area (Å²) in [5, 5.41) is 18.4. The van der Waals surface area contributed by atoms with Crippen LogP contribution in [0.5, 0.6) is 0 Å². The molecule has 7 nitrogen and oxygen atoms in total. The summed E-state index contributed by atoms with van der Waals surface area (Å²) < 4.78 is 1.91. The van der Waals surface area contributed by atoms with E-state index in [9.17, 15) is 10.1 Å². The average molecular weight is 337 g/mol. The summed E-state index contributed by atoms with van der Waals surface area (Å²) in [6.45, 7) is 6.01. The van der Waals surface area contributed by atoms with Crippen molar-refractivity contribution in [2.75, 3.05) is 5.32 Å². The van der Waals surface area contributed by atoms with Crippen LogP contribution in [-0.2, 0) is 0 Å². The number of hydrogen-bond acceptors (Lipinski definition) is 5. The fourth-order valence-corrected chi connectivity index (χ4v) is 2.68. The number of nitrogens with one attached hydrogen (secondary N) is 1. The van der Waals surface area contributed by atoms with E-state index in [1.54, 1.807) is 6.07 Å². The molecule has 0 saturated carbocycles. The number of pyridine rings is 1. The summed E-state index contributed by atoms with van der Waals surface area (Å²) >= 11 is 0. The zero-order valence-corrected chi connectivity index (χ0v) is 14.3. The van der Waals surface area contributed by atoms with Crippen molar-refractivity contribution in [3.63, 3.8) is 0 Å². The molecule has 3 aromatic rings. The zero-order chi connectivity index (χ0) is 18.0. The molecule has 0 bridgehead atoms. The topological polar surface area (TPSA) is 85.9 Å². The van der Waals surface area contributed by atoms with Crippen LogP contribution in [0.1, 0.15) is 29.9 Å². The van der Waals surface area contributed by atoms with E-state index in [4.69, 9.17) is 0 Å². The smallest absolute Gasteiger partial charge is 0.287 e. The van der Waals surface area contributed by atoms with Gasteiger partial charge in [-0.1, -0.05) is 12.1 Å². The molecule has 2 heterocycles. The number of nitro groups is 1. The van der Waals surface area contributed by atoms with Gasteiger partial charge in [0.05, 0.1) is 16.3 Å². The van der Waals surface area contributed by atoms with Gasteiger partial charge in [-0.2, -0.15) is 5.10 Å². The molecule has 0 amide bonds. The maximum Gasteiger partial charge on any atom is 0.287 e. The van der Waals surface area contributed by atoms with Crippen LogP contribution in [0, 0.1) is 24.0 Å². The van der Waals surface area contributed by atoms with Gasteiger partial charge in [-0.25, -0.2) is 9.67 Å². The maximum atomic E-state index is 10.7. The summed E-state index contributed by atoms with van der Waals surface area (Å²) in [4.78, 5) is 14.3. The van der Waals surface area contributed by atoms with Gasteiger partial charge in [0.2, 0.25) is 0 Å². The Labute approximate surface area is 145 Å². The fourth-order valence-electron chi connectivity index (χ4n) is 2.68. The summed E-state index contributed by atoms with van der Waals surface area (Å²) in [5.41, 5.74) is 4.15. The van der Waals surface area contributed by atoms with Crippen molar-refractivity contribution in [2.24, 2.45) is 0 Å². The molecule has 7 heteroatoms. The molecule has 0 aliphatic rings. The van der Waals surface area contributed by atoms with Gasteiger partial charge in [-0.15, -0.1) is 0 Å². The SMILES string of the molecule is Cc1cc(C)n(-c2ccc(C(C)Nc3ccc([N+](=O)[O-])cn3)cc2)n1. The molecular formula is C18H19N5O2. The Balaban J connectivity index is 1.73. The van der Waals surface area contributed by atoms with E-state index in [0.717, 1.165) is 22.6 Å². The predicted molar refractivity (Wildman–Crippen MR) is 96.0 cm³/mol. The minimum atomic E-state index is -0.460. The highest BCUT2D eigenvalue weighted by Crippen LogP contribution is 2.21. The van der Waals surface area contributed by atoms with Crippen molar-refractivity contribution >= 4 is 11.5 Å². The lowest BCUT2D eigenvalue weighted by Gasteiger charge is -2.15. The second-order valence-electron chi connectivity index (χ2n) is 5.96. The van der Waals surface area contributed by atoms with Crippen LogP contribution in [0.4, 0.5) is 11.5 Å². The van der Waals surface area contributed by atoms with E-state index in [1.807, 2.05) is 55.8 Å². The van der Waals surface area contributed by atoms with E-state index in [0.29, 0.717) is 5.82 Å². The van der Waals surface area contributed by atoms with E-state index >= 15 is 0 Å². The molecule has 0 fully saturated rings. The Kier molecular flexibility index (Phi) is 4.47. The molecule has 0 aliphatic carbocycles. The molecule has 3 rings (SSSR count). The molecule has 1 aromatic carbocycles. The molecule has 0 spiro atoms. The third kappa shape index (κ3) is 3.65. The van der Waals surface area contributed by atoms with Crippen LogP contribution in [0.2, 0.25) is 0 Å². The highest BCUT2D eigenvalue weighted by atomic mass is 16.6. The van der Waals surface area contributed by atoms with Gasteiger partial charge >= 0.3 is 0 Å². The van der Waals surface area contributed by atoms with Crippen LogP contribution in [0.15, 0.2) is 48.7 Å². The highest BCUT2D eigenvalue weighted by Gasteiger charge is 2.10. The molecule has 0 saturated heterocycles. The van der Waals surface area contributed by atoms with Crippen LogP contribution in [0.3, 0.4) is 0 Å². The summed E-state index contributed by atoms with van der Waals surface area (Å²) in [6, 6.07) is 13.2. The second-order valence-corrected chi connectivity index (χ2v) is 5.96. The Hall–Kier alpha value is -3.22. The van der Waals surface area contributed by atoms with Crippen molar-refractivity contribution in [1.29, 1.82) is 0 Å². The first-order valence-corrected chi connectivity index (χ1v) is 7.94. The molecule has 1 unspecified atom stereocenters. The van der Waals surface area contributed by atoms with Gasteiger partial charge in [0.25, 0.3) is 5.69 Å². The second kappa shape index (κ2) is 6.72. The monoisotopic (exact) mass is 337 g/mol. The van der Waals surface area contributed by atoms with Gasteiger partial charge in [-0.05, 0) is 50.6 Å². The van der Waals surface area contributed by atoms with Crippen LogP contribution in [0.25, 0.3) is 5.69 Å². The van der Waals surface area contributed by atoms with Gasteiger partial charge in [0, 0.05) is 17.8 Å². The molecule has 1 N–H and O–H groups in total. The summed E-state index contributed by atoms with van der Waals surface area (Å²) in [5.74, 6) is 0.598. The molecule has 2 aromatic heterocycles. The van der Waals surface area contributed by atoms with E-state index in [1.165, 1.54) is 12.3 Å². The number of anilines is 1. The third-order valence-corrected chi connectivity index (χ3v) is 3.97. The van der Waals surface area contributed by atoms with E-state index in [-0.39, 0.29) is 11.7 Å². The minimum Gasteiger partial charge on any atom is -0.364 e. The van der Waals surface area contributed by atoms with Crippen LogP contribution >= 0.6 is 0 Å². The van der Waals surface area contributed by atoms with Crippen molar-refractivity contribution in [3.05, 3.63) is 75.7 Å². The molecule has 25 heavy (non-hydrogen) atoms. The first-order valence-electron chi connectivity index (χ1n) is 7.94. The van der Waals surface area contributed by atoms with Gasteiger partial charge < -0.3 is 5.32 Å². The lowest BCUT2D eigenvalue weighted by atomic mass is 10.1. The van der Waals surface area contributed by atoms with Crippen molar-refractivity contribution < 1.29 is 4.92 Å². The quantitative estimate of drug-likeness (QED) is 0.562. The van der Waals surface area contributed by atoms with Gasteiger partial charge in [-0.3, -0.25) is 10.1 Å². The summed E-state index contributed by atoms with van der Waals surface area (Å²) in [6.07, 6.45) is 1.25. The maximum absolute atomic E-state index is 10.7. The Bertz CT molecular complexity index is 885. The number of aryl methyl sites for hydroxylation is 2. The molecule has 1 atom stereocenters. The Morgan fingerprint density at radius 1 is 1.16 bits per heavy atom. The molecule has 0 aliphatic heterocycles. The van der Waals surface area contributed by atoms with Crippen molar-refractivity contribution in [1.82, 2.24) is 14.8 Å². The van der Waals surface area contributed by atoms with E-state index in [2.05, 4.69) is 15.4 Å². The number of rotatable bonds is 5. The number of nitrogens with zero attached hydrogens (tertiary/aromatic N) is 4. The average Bonchev–Trinajstić information content (AvgIpc) is 2.94. The Morgan fingerprint density at radius 3 is 2.40 bits per heavy atom. The van der Waals surface area contributed by atoms with Gasteiger partial charge in [0.1, 0.15) is 12.0 Å². The van der Waals surface area contributed by atoms with E-state index < -0.39 is 4.92 Å². The van der Waals surface area contributed by atoms with Crippen LogP contribution < -0.4 is 5.32 Å². The summed E-state index contributed by atoms with van der Waals surface area (Å²) in [7, 11) is 0. The lowest BCUT2D eigenvalue weighted by molar-refractivity contribution is -0.385. The lowest BCUT2D eigenvalue weighted by Crippen LogP contribution is -2.08. The van der Waals surface area contributed by atoms with Crippen molar-refractivity contribution in [3.8, 4) is 5.69 Å². The Morgan fingerprint density at radius 2 is 1.88 bits per heavy atom. The number of benzene rings is 1. The van der Waals surface area contributed by atoms with Crippen molar-refractivity contribution in [2.45, 2.75) is 26.8 Å². The number of hydrogen-bond donors (Lipinski definition) is 1. The zero-order valence-electron chi connectivity index (χ0n) is 14.3. The molecule has 128 valence electrons. The fraction of sp³-hybridized carbons (Fsp3) is 0.222. The first-order chi connectivity index (χ1) is 11.9. The molecule has 0 radical (unpaired) electrons. The number of aromatic nitrogens is 3.